The Kier molecular flexibility index (Phi) is 8.13. The Morgan fingerprint density at radius 2 is 1.48 bits per heavy atom. The second-order valence-corrected chi connectivity index (χ2v) is 5.38. The molecule has 0 aromatic heterocycles. The minimum atomic E-state index is -0.702. The maximum atomic E-state index is 13.1. The van der Waals surface area contributed by atoms with Gasteiger partial charge in [-0.1, -0.05) is 26.7 Å². The summed E-state index contributed by atoms with van der Waals surface area (Å²) >= 11 is 0. The predicted octanol–water partition coefficient (Wildman–Crippen LogP) is 4.44. The number of halogens is 2. The lowest BCUT2D eigenvalue weighted by Crippen LogP contribution is -2.28. The summed E-state index contributed by atoms with van der Waals surface area (Å²) in [5.41, 5.74) is 0.124. The second-order valence-electron chi connectivity index (χ2n) is 5.38. The van der Waals surface area contributed by atoms with Crippen molar-refractivity contribution in [2.24, 2.45) is 0 Å². The summed E-state index contributed by atoms with van der Waals surface area (Å²) < 4.78 is 26.2. The third kappa shape index (κ3) is 6.80. The van der Waals surface area contributed by atoms with Crippen LogP contribution < -0.4 is 0 Å². The van der Waals surface area contributed by atoms with E-state index in [1.807, 2.05) is 0 Å². The van der Waals surface area contributed by atoms with Crippen LogP contribution >= 0.6 is 0 Å². The molecule has 0 amide bonds. The van der Waals surface area contributed by atoms with E-state index in [1.54, 1.807) is 0 Å². The zero-order chi connectivity index (χ0) is 15.7. The van der Waals surface area contributed by atoms with Crippen molar-refractivity contribution in [1.82, 2.24) is 4.90 Å². The van der Waals surface area contributed by atoms with Crippen molar-refractivity contribution in [2.75, 3.05) is 19.6 Å². The van der Waals surface area contributed by atoms with Gasteiger partial charge in [0.2, 0.25) is 0 Å². The third-order valence-electron chi connectivity index (χ3n) is 3.50. The second kappa shape index (κ2) is 9.61. The van der Waals surface area contributed by atoms with Crippen molar-refractivity contribution in [2.45, 2.75) is 46.0 Å². The highest BCUT2D eigenvalue weighted by molar-refractivity contribution is 5.96. The number of carbonyl (C=O) groups is 1. The Balaban J connectivity index is 2.54. The van der Waals surface area contributed by atoms with Crippen molar-refractivity contribution in [3.63, 3.8) is 0 Å². The number of carbonyl (C=O) groups excluding carboxylic acids is 1. The summed E-state index contributed by atoms with van der Waals surface area (Å²) in [6, 6.07) is 2.99. The molecule has 118 valence electrons. The number of unbranched alkanes of at least 4 members (excludes halogenated alkanes) is 2. The molecule has 0 N–H and O–H groups in total. The average molecular weight is 297 g/mol. The van der Waals surface area contributed by atoms with E-state index in [1.165, 1.54) is 0 Å². The SMILES string of the molecule is CCCCN(CCCC)CCC(=O)c1cc(F)cc(F)c1. The van der Waals surface area contributed by atoms with Gasteiger partial charge in [-0.3, -0.25) is 4.79 Å². The van der Waals surface area contributed by atoms with E-state index >= 15 is 0 Å². The molecular weight excluding hydrogens is 272 g/mol. The van der Waals surface area contributed by atoms with Crippen LogP contribution in [0.1, 0.15) is 56.3 Å². The van der Waals surface area contributed by atoms with Gasteiger partial charge in [0.1, 0.15) is 11.6 Å². The molecule has 0 bridgehead atoms. The van der Waals surface area contributed by atoms with Crippen LogP contribution in [0.5, 0.6) is 0 Å². The summed E-state index contributed by atoms with van der Waals surface area (Å²) in [5, 5.41) is 0. The van der Waals surface area contributed by atoms with Gasteiger partial charge >= 0.3 is 0 Å². The van der Waals surface area contributed by atoms with Gasteiger partial charge in [-0.05, 0) is 38.1 Å². The fourth-order valence-electron chi connectivity index (χ4n) is 2.22. The van der Waals surface area contributed by atoms with Gasteiger partial charge in [0.05, 0.1) is 0 Å². The van der Waals surface area contributed by atoms with Gasteiger partial charge in [-0.25, -0.2) is 8.78 Å². The van der Waals surface area contributed by atoms with Gasteiger partial charge in [0.15, 0.2) is 5.78 Å². The summed E-state index contributed by atoms with van der Waals surface area (Å²) in [4.78, 5) is 14.3. The number of Topliss-reactive ketones (excluding diaryl/α,β-unsaturated/α-hetero) is 1. The van der Waals surface area contributed by atoms with Crippen LogP contribution in [0.3, 0.4) is 0 Å². The van der Waals surface area contributed by atoms with Gasteiger partial charge in [-0.2, -0.15) is 0 Å². The standard InChI is InChI=1S/C17H25F2NO/c1-3-5-8-20(9-6-4-2)10-7-17(21)14-11-15(18)13-16(19)12-14/h11-13H,3-10H2,1-2H3. The first-order chi connectivity index (χ1) is 10.1. The van der Waals surface area contributed by atoms with Crippen LogP contribution in [0.2, 0.25) is 0 Å². The van der Waals surface area contributed by atoms with Crippen LogP contribution in [0.15, 0.2) is 18.2 Å². The largest absolute Gasteiger partial charge is 0.303 e. The molecule has 0 saturated heterocycles. The molecule has 0 aliphatic heterocycles. The number of nitrogens with zero attached hydrogens (tertiary/aromatic N) is 1. The molecule has 4 heteroatoms. The molecule has 0 spiro atoms. The van der Waals surface area contributed by atoms with Gasteiger partial charge in [0.25, 0.3) is 0 Å². The molecule has 1 aromatic rings. The topological polar surface area (TPSA) is 20.3 Å². The van der Waals surface area contributed by atoms with E-state index in [4.69, 9.17) is 0 Å². The lowest BCUT2D eigenvalue weighted by Gasteiger charge is -2.21. The van der Waals surface area contributed by atoms with Crippen molar-refractivity contribution in [3.8, 4) is 0 Å². The maximum absolute atomic E-state index is 13.1. The number of benzene rings is 1. The van der Waals surface area contributed by atoms with Crippen molar-refractivity contribution in [1.29, 1.82) is 0 Å². The zero-order valence-electron chi connectivity index (χ0n) is 13.0. The van der Waals surface area contributed by atoms with Gasteiger partial charge in [-0.15, -0.1) is 0 Å². The van der Waals surface area contributed by atoms with Gasteiger partial charge < -0.3 is 4.90 Å². The van der Waals surface area contributed by atoms with Crippen LogP contribution in [0.25, 0.3) is 0 Å². The van der Waals surface area contributed by atoms with Crippen LogP contribution in [-0.4, -0.2) is 30.3 Å². The minimum Gasteiger partial charge on any atom is -0.303 e. The van der Waals surface area contributed by atoms with E-state index in [0.717, 1.165) is 57.0 Å². The predicted molar refractivity (Wildman–Crippen MR) is 81.6 cm³/mol. The molecule has 1 rings (SSSR count). The van der Waals surface area contributed by atoms with Crippen molar-refractivity contribution in [3.05, 3.63) is 35.4 Å². The summed E-state index contributed by atoms with van der Waals surface area (Å²) in [6.07, 6.45) is 4.74. The van der Waals surface area contributed by atoms with E-state index in [-0.39, 0.29) is 11.3 Å². The number of hydrogen-bond donors (Lipinski definition) is 0. The Labute approximate surface area is 126 Å². The van der Waals surface area contributed by atoms with E-state index in [2.05, 4.69) is 18.7 Å². The lowest BCUT2D eigenvalue weighted by atomic mass is 10.1. The molecule has 0 heterocycles. The molecule has 0 aliphatic rings. The molecule has 0 saturated carbocycles. The van der Waals surface area contributed by atoms with E-state index in [9.17, 15) is 13.6 Å². The molecule has 0 radical (unpaired) electrons. The summed E-state index contributed by atoms with van der Waals surface area (Å²) in [7, 11) is 0. The molecule has 0 atom stereocenters. The molecule has 0 unspecified atom stereocenters. The zero-order valence-corrected chi connectivity index (χ0v) is 13.0. The van der Waals surface area contributed by atoms with Crippen molar-refractivity contribution >= 4 is 5.78 Å². The van der Waals surface area contributed by atoms with Crippen LogP contribution in [0, 0.1) is 11.6 Å². The Hall–Kier alpha value is -1.29. The summed E-state index contributed by atoms with van der Waals surface area (Å²) in [6.45, 7) is 6.87. The molecule has 0 fully saturated rings. The first kappa shape index (κ1) is 17.8. The lowest BCUT2D eigenvalue weighted by molar-refractivity contribution is 0.0962. The van der Waals surface area contributed by atoms with Crippen LogP contribution in [-0.2, 0) is 0 Å². The molecule has 0 aliphatic carbocycles. The minimum absolute atomic E-state index is 0.124. The van der Waals surface area contributed by atoms with Crippen LogP contribution in [0.4, 0.5) is 8.78 Å². The highest BCUT2D eigenvalue weighted by atomic mass is 19.1. The monoisotopic (exact) mass is 297 g/mol. The molecule has 21 heavy (non-hydrogen) atoms. The molecular formula is C17H25F2NO. The van der Waals surface area contributed by atoms with E-state index in [0.29, 0.717) is 13.0 Å². The highest BCUT2D eigenvalue weighted by Crippen LogP contribution is 2.11. The first-order valence-electron chi connectivity index (χ1n) is 7.78. The fourth-order valence-corrected chi connectivity index (χ4v) is 2.22. The third-order valence-corrected chi connectivity index (χ3v) is 3.50. The number of rotatable bonds is 10. The average Bonchev–Trinajstić information content (AvgIpc) is 2.45. The smallest absolute Gasteiger partial charge is 0.164 e. The van der Waals surface area contributed by atoms with Crippen molar-refractivity contribution < 1.29 is 13.6 Å². The van der Waals surface area contributed by atoms with E-state index < -0.39 is 11.6 Å². The normalized spacial score (nSPS) is 11.1. The Bertz CT molecular complexity index is 420. The number of hydrogen-bond acceptors (Lipinski definition) is 2. The Morgan fingerprint density at radius 1 is 0.952 bits per heavy atom. The highest BCUT2D eigenvalue weighted by Gasteiger charge is 2.12. The summed E-state index contributed by atoms with van der Waals surface area (Å²) in [5.74, 6) is -1.61. The maximum Gasteiger partial charge on any atom is 0.164 e. The number of ketones is 1. The quantitative estimate of drug-likeness (QED) is 0.595. The fraction of sp³-hybridized carbons (Fsp3) is 0.588. The van der Waals surface area contributed by atoms with Gasteiger partial charge in [0, 0.05) is 24.6 Å². The molecule has 1 aromatic carbocycles. The molecule has 2 nitrogen and oxygen atoms in total. The Morgan fingerprint density at radius 3 is 1.95 bits per heavy atom. The first-order valence-corrected chi connectivity index (χ1v) is 7.78.